The van der Waals surface area contributed by atoms with Crippen LogP contribution in [0.3, 0.4) is 0 Å². The number of aromatic nitrogens is 1. The standard InChI is InChI=1S/C51H57N5O6/c1-36-12-18-43(19-13-36)53-48(57)55-46-26-16-39(50(2,3)4)34-37(46)14-20-41-10-9-11-42(52-41)21-15-38-35-40(51(5,6)7)17-27-47(38)56-49(58)54-44-22-24-45(25-23-44)62-33-32-61-31-30-60-29-28-59-8/h9-13,16-19,22-27,34-35H,28-33H2,1-8H3,(H2,53,55,57)(H2,54,56,58). The molecule has 0 aliphatic heterocycles. The fourth-order valence-corrected chi connectivity index (χ4v) is 5.81. The van der Waals surface area contributed by atoms with Gasteiger partial charge in [-0.15, -0.1) is 0 Å². The Bertz CT molecular complexity index is 2410. The molecule has 0 atom stereocenters. The van der Waals surface area contributed by atoms with Crippen LogP contribution in [0.2, 0.25) is 0 Å². The van der Waals surface area contributed by atoms with Gasteiger partial charge in [0.1, 0.15) is 23.7 Å². The molecule has 11 nitrogen and oxygen atoms in total. The van der Waals surface area contributed by atoms with Crippen LogP contribution in [0.15, 0.2) is 103 Å². The minimum atomic E-state index is -0.418. The molecule has 1 heterocycles. The van der Waals surface area contributed by atoms with Gasteiger partial charge in [0.15, 0.2) is 0 Å². The van der Waals surface area contributed by atoms with E-state index in [1.165, 1.54) is 0 Å². The van der Waals surface area contributed by atoms with Crippen LogP contribution in [0.4, 0.5) is 32.3 Å². The maximum Gasteiger partial charge on any atom is 0.323 e. The Labute approximate surface area is 366 Å². The number of anilines is 4. The van der Waals surface area contributed by atoms with E-state index in [0.29, 0.717) is 90.7 Å². The average Bonchev–Trinajstić information content (AvgIpc) is 3.23. The monoisotopic (exact) mass is 835 g/mol. The molecule has 322 valence electrons. The van der Waals surface area contributed by atoms with Crippen LogP contribution in [-0.4, -0.2) is 63.8 Å². The summed E-state index contributed by atoms with van der Waals surface area (Å²) in [5.41, 5.74) is 7.68. The van der Waals surface area contributed by atoms with Crippen molar-refractivity contribution in [1.82, 2.24) is 4.98 Å². The number of hydrogen-bond donors (Lipinski definition) is 4. The molecular formula is C51H57N5O6. The van der Waals surface area contributed by atoms with E-state index in [4.69, 9.17) is 23.9 Å². The van der Waals surface area contributed by atoms with Crippen LogP contribution >= 0.6 is 0 Å². The number of aryl methyl sites for hydroxylation is 1. The third-order valence-electron chi connectivity index (χ3n) is 9.39. The normalized spacial score (nSPS) is 11.0. The summed E-state index contributed by atoms with van der Waals surface area (Å²) in [6, 6.07) is 31.1. The maximum absolute atomic E-state index is 13.2. The van der Waals surface area contributed by atoms with E-state index in [-0.39, 0.29) is 16.9 Å². The third-order valence-corrected chi connectivity index (χ3v) is 9.39. The second-order valence-corrected chi connectivity index (χ2v) is 16.5. The summed E-state index contributed by atoms with van der Waals surface area (Å²) in [7, 11) is 1.63. The molecule has 0 bridgehead atoms. The van der Waals surface area contributed by atoms with Crippen molar-refractivity contribution in [3.63, 3.8) is 0 Å². The number of pyridine rings is 1. The summed E-state index contributed by atoms with van der Waals surface area (Å²) in [5.74, 6) is 13.5. The second-order valence-electron chi connectivity index (χ2n) is 16.5. The zero-order valence-corrected chi connectivity index (χ0v) is 37.0. The van der Waals surface area contributed by atoms with Gasteiger partial charge in [0.2, 0.25) is 0 Å². The highest BCUT2D eigenvalue weighted by Gasteiger charge is 2.18. The first-order valence-corrected chi connectivity index (χ1v) is 20.6. The number of urea groups is 2. The number of nitrogens with zero attached hydrogens (tertiary/aromatic N) is 1. The molecule has 0 unspecified atom stereocenters. The largest absolute Gasteiger partial charge is 0.491 e. The Balaban J connectivity index is 1.27. The van der Waals surface area contributed by atoms with Crippen molar-refractivity contribution in [2.75, 3.05) is 68.0 Å². The predicted molar refractivity (Wildman–Crippen MR) is 248 cm³/mol. The molecule has 1 aromatic heterocycles. The molecule has 0 radical (unpaired) electrons. The number of rotatable bonds is 14. The Morgan fingerprint density at radius 2 is 1.00 bits per heavy atom. The van der Waals surface area contributed by atoms with E-state index < -0.39 is 6.03 Å². The quantitative estimate of drug-likeness (QED) is 0.0647. The first-order chi connectivity index (χ1) is 29.7. The number of methoxy groups -OCH3 is 1. The van der Waals surface area contributed by atoms with Gasteiger partial charge in [0.05, 0.1) is 44.4 Å². The zero-order valence-electron chi connectivity index (χ0n) is 37.0. The van der Waals surface area contributed by atoms with E-state index in [2.05, 4.69) is 86.5 Å². The molecule has 0 saturated carbocycles. The molecule has 11 heteroatoms. The molecule has 5 aromatic rings. The Morgan fingerprint density at radius 1 is 0.548 bits per heavy atom. The molecule has 62 heavy (non-hydrogen) atoms. The lowest BCUT2D eigenvalue weighted by atomic mass is 9.86. The molecule has 0 fully saturated rings. The maximum atomic E-state index is 13.2. The van der Waals surface area contributed by atoms with E-state index in [1.54, 1.807) is 31.4 Å². The number of carbonyl (C=O) groups is 2. The van der Waals surface area contributed by atoms with Gasteiger partial charge in [-0.25, -0.2) is 14.6 Å². The van der Waals surface area contributed by atoms with Gasteiger partial charge in [-0.2, -0.15) is 0 Å². The van der Waals surface area contributed by atoms with E-state index in [1.807, 2.05) is 85.8 Å². The van der Waals surface area contributed by atoms with Gasteiger partial charge in [-0.3, -0.25) is 0 Å². The fraction of sp³-hybridized carbons (Fsp3) is 0.314. The van der Waals surface area contributed by atoms with Crippen molar-refractivity contribution in [3.8, 4) is 29.4 Å². The van der Waals surface area contributed by atoms with Crippen molar-refractivity contribution < 1.29 is 28.5 Å². The lowest BCUT2D eigenvalue weighted by Crippen LogP contribution is -2.20. The Morgan fingerprint density at radius 3 is 1.47 bits per heavy atom. The van der Waals surface area contributed by atoms with Crippen LogP contribution in [-0.2, 0) is 25.0 Å². The topological polar surface area (TPSA) is 132 Å². The Hall–Kier alpha value is -6.63. The smallest absolute Gasteiger partial charge is 0.323 e. The minimum Gasteiger partial charge on any atom is -0.491 e. The summed E-state index contributed by atoms with van der Waals surface area (Å²) in [6.45, 7) is 17.6. The van der Waals surface area contributed by atoms with Crippen LogP contribution in [0.5, 0.6) is 5.75 Å². The molecule has 0 aliphatic rings. The first-order valence-electron chi connectivity index (χ1n) is 20.6. The van der Waals surface area contributed by atoms with Gasteiger partial charge in [0.25, 0.3) is 0 Å². The summed E-state index contributed by atoms with van der Waals surface area (Å²) < 4.78 is 21.6. The predicted octanol–water partition coefficient (Wildman–Crippen LogP) is 10.1. The van der Waals surface area contributed by atoms with Crippen molar-refractivity contribution >= 4 is 34.8 Å². The highest BCUT2D eigenvalue weighted by molar-refractivity contribution is 6.01. The third kappa shape index (κ3) is 15.1. The van der Waals surface area contributed by atoms with Gasteiger partial charge in [0, 0.05) is 29.6 Å². The van der Waals surface area contributed by atoms with E-state index >= 15 is 0 Å². The van der Waals surface area contributed by atoms with Gasteiger partial charge in [-0.05, 0) is 114 Å². The minimum absolute atomic E-state index is 0.135. The second kappa shape index (κ2) is 22.3. The molecule has 0 spiro atoms. The van der Waals surface area contributed by atoms with Crippen LogP contribution < -0.4 is 26.0 Å². The van der Waals surface area contributed by atoms with Crippen LogP contribution in [0.1, 0.15) is 80.7 Å². The summed E-state index contributed by atoms with van der Waals surface area (Å²) in [5, 5.41) is 11.7. The van der Waals surface area contributed by atoms with E-state index in [9.17, 15) is 9.59 Å². The van der Waals surface area contributed by atoms with Gasteiger partial charge < -0.3 is 40.2 Å². The number of benzene rings is 4. The van der Waals surface area contributed by atoms with Crippen molar-refractivity contribution in [3.05, 3.63) is 142 Å². The highest BCUT2D eigenvalue weighted by Crippen LogP contribution is 2.28. The molecule has 4 amide bonds. The lowest BCUT2D eigenvalue weighted by molar-refractivity contribution is 0.0180. The number of ether oxygens (including phenoxy) is 4. The number of hydrogen-bond acceptors (Lipinski definition) is 7. The molecule has 0 saturated heterocycles. The summed E-state index contributed by atoms with van der Waals surface area (Å²) in [6.07, 6.45) is 0. The van der Waals surface area contributed by atoms with Crippen molar-refractivity contribution in [1.29, 1.82) is 0 Å². The summed E-state index contributed by atoms with van der Waals surface area (Å²) >= 11 is 0. The fourth-order valence-electron chi connectivity index (χ4n) is 5.81. The highest BCUT2D eigenvalue weighted by atomic mass is 16.6. The van der Waals surface area contributed by atoms with Crippen LogP contribution in [0, 0.1) is 30.6 Å². The van der Waals surface area contributed by atoms with Crippen molar-refractivity contribution in [2.45, 2.75) is 59.3 Å². The SMILES string of the molecule is COCCOCCOCCOc1ccc(NC(=O)Nc2ccc(C(C)(C)C)cc2C#Cc2cccc(C#Cc3cc(C(C)(C)C)ccc3NC(=O)Nc3ccc(C)cc3)n2)cc1. The van der Waals surface area contributed by atoms with Crippen molar-refractivity contribution in [2.24, 2.45) is 0 Å². The number of nitrogens with one attached hydrogen (secondary N) is 4. The molecule has 4 aromatic carbocycles. The number of carbonyl (C=O) groups excluding carboxylic acids is 2. The molecular weight excluding hydrogens is 779 g/mol. The van der Waals surface area contributed by atoms with E-state index in [0.717, 1.165) is 16.7 Å². The Kier molecular flexibility index (Phi) is 16.7. The van der Waals surface area contributed by atoms with Gasteiger partial charge >= 0.3 is 12.1 Å². The zero-order chi connectivity index (χ0) is 44.5. The first kappa shape index (κ1) is 46.4. The molecule has 5 rings (SSSR count). The lowest BCUT2D eigenvalue weighted by Gasteiger charge is -2.20. The molecule has 0 aliphatic carbocycles. The number of amides is 4. The summed E-state index contributed by atoms with van der Waals surface area (Å²) in [4.78, 5) is 31.0. The van der Waals surface area contributed by atoms with Gasteiger partial charge in [-0.1, -0.05) is 89.3 Å². The van der Waals surface area contributed by atoms with Crippen LogP contribution in [0.25, 0.3) is 0 Å². The molecule has 4 N–H and O–H groups in total. The average molecular weight is 836 g/mol.